The fraction of sp³-hybridized carbons (Fsp3) is 0.111. The van der Waals surface area contributed by atoms with Gasteiger partial charge in [-0.15, -0.1) is 0 Å². The Kier molecular flexibility index (Phi) is 2.57. The first-order valence-corrected chi connectivity index (χ1v) is 4.71. The molecule has 2 aromatic rings. The molecule has 0 aliphatic heterocycles. The Balaban J connectivity index is 2.65. The largest absolute Gasteiger partial charge is 0.334 e. The Hall–Kier alpha value is -1.95. The van der Waals surface area contributed by atoms with E-state index in [4.69, 9.17) is 16.1 Å². The third-order valence-corrected chi connectivity index (χ3v) is 2.23. The summed E-state index contributed by atoms with van der Waals surface area (Å²) in [6.07, 6.45) is 0. The molecule has 1 aromatic heterocycles. The number of benzene rings is 1. The van der Waals surface area contributed by atoms with Crippen molar-refractivity contribution in [2.45, 2.75) is 6.92 Å². The normalized spacial score (nSPS) is 10.4. The molecule has 0 atom stereocenters. The maximum absolute atomic E-state index is 10.9. The van der Waals surface area contributed by atoms with Crippen LogP contribution in [0.5, 0.6) is 0 Å². The van der Waals surface area contributed by atoms with Crippen molar-refractivity contribution in [2.24, 2.45) is 0 Å². The minimum atomic E-state index is -0.572. The first kappa shape index (κ1) is 10.6. The molecule has 0 N–H and O–H groups in total. The number of aromatic nitrogens is 2. The number of aryl methyl sites for hydroxylation is 1. The van der Waals surface area contributed by atoms with Gasteiger partial charge in [-0.25, -0.2) is 0 Å². The Labute approximate surface area is 95.0 Å². The highest BCUT2D eigenvalue weighted by molar-refractivity contribution is 6.33. The highest BCUT2D eigenvalue weighted by atomic mass is 35.5. The molecule has 0 aliphatic rings. The van der Waals surface area contributed by atoms with Gasteiger partial charge in [-0.3, -0.25) is 10.1 Å². The van der Waals surface area contributed by atoms with Crippen LogP contribution < -0.4 is 0 Å². The number of rotatable bonds is 2. The average molecular weight is 240 g/mol. The first-order chi connectivity index (χ1) is 7.59. The van der Waals surface area contributed by atoms with Crippen LogP contribution in [0.3, 0.4) is 0 Å². The van der Waals surface area contributed by atoms with Crippen molar-refractivity contribution in [2.75, 3.05) is 0 Å². The van der Waals surface area contributed by atoms with Crippen molar-refractivity contribution in [3.63, 3.8) is 0 Å². The number of nitrogens with zero attached hydrogens (tertiary/aromatic N) is 3. The van der Waals surface area contributed by atoms with Gasteiger partial charge in [0.15, 0.2) is 5.82 Å². The Morgan fingerprint density at radius 1 is 1.50 bits per heavy atom. The van der Waals surface area contributed by atoms with Crippen LogP contribution in [0.2, 0.25) is 5.02 Å². The van der Waals surface area contributed by atoms with E-state index in [0.717, 1.165) is 0 Å². The van der Waals surface area contributed by atoms with Crippen molar-refractivity contribution < 1.29 is 9.45 Å². The Morgan fingerprint density at radius 2 is 2.25 bits per heavy atom. The minimum Gasteiger partial charge on any atom is -0.334 e. The summed E-state index contributed by atoms with van der Waals surface area (Å²) in [5, 5.41) is 14.5. The second-order valence-corrected chi connectivity index (χ2v) is 3.45. The van der Waals surface area contributed by atoms with Crippen molar-refractivity contribution in [3.05, 3.63) is 39.2 Å². The van der Waals surface area contributed by atoms with E-state index < -0.39 is 4.92 Å². The van der Waals surface area contributed by atoms with E-state index in [1.807, 2.05) is 0 Å². The monoisotopic (exact) mass is 239 g/mol. The zero-order chi connectivity index (χ0) is 11.7. The number of para-hydroxylation sites is 1. The summed E-state index contributed by atoms with van der Waals surface area (Å²) in [4.78, 5) is 14.2. The zero-order valence-corrected chi connectivity index (χ0v) is 8.93. The first-order valence-electron chi connectivity index (χ1n) is 4.33. The molecule has 6 nitrogen and oxygen atoms in total. The molecule has 16 heavy (non-hydrogen) atoms. The van der Waals surface area contributed by atoms with Gasteiger partial charge in [0.1, 0.15) is 10.6 Å². The van der Waals surface area contributed by atoms with Crippen molar-refractivity contribution in [3.8, 4) is 11.5 Å². The Bertz CT molecular complexity index is 553. The molecular formula is C9H6ClN3O3. The molecule has 1 aromatic carbocycles. The predicted molar refractivity (Wildman–Crippen MR) is 56.1 cm³/mol. The van der Waals surface area contributed by atoms with E-state index >= 15 is 0 Å². The SMILES string of the molecule is Cc1noc(-c2cccc(Cl)c2[N+](=O)[O-])n1. The fourth-order valence-electron chi connectivity index (χ4n) is 1.28. The molecule has 0 unspecified atom stereocenters. The highest BCUT2D eigenvalue weighted by Gasteiger charge is 2.23. The van der Waals surface area contributed by atoms with E-state index in [9.17, 15) is 10.1 Å². The summed E-state index contributed by atoms with van der Waals surface area (Å²) in [6.45, 7) is 1.63. The second-order valence-electron chi connectivity index (χ2n) is 3.04. The average Bonchev–Trinajstić information content (AvgIpc) is 2.63. The molecule has 0 radical (unpaired) electrons. The smallest absolute Gasteiger partial charge is 0.300 e. The van der Waals surface area contributed by atoms with Gasteiger partial charge in [0, 0.05) is 0 Å². The number of nitro benzene ring substituents is 1. The second kappa shape index (κ2) is 3.90. The summed E-state index contributed by atoms with van der Waals surface area (Å²) in [5.74, 6) is 0.496. The molecule has 0 saturated carbocycles. The van der Waals surface area contributed by atoms with Crippen LogP contribution in [-0.2, 0) is 0 Å². The van der Waals surface area contributed by atoms with E-state index in [2.05, 4.69) is 10.1 Å². The van der Waals surface area contributed by atoms with Gasteiger partial charge in [-0.05, 0) is 19.1 Å². The van der Waals surface area contributed by atoms with Crippen LogP contribution in [-0.4, -0.2) is 15.1 Å². The molecule has 1 heterocycles. The molecule has 82 valence electrons. The van der Waals surface area contributed by atoms with Gasteiger partial charge in [0.25, 0.3) is 5.89 Å². The number of nitro groups is 1. The minimum absolute atomic E-state index is 0.0401. The third-order valence-electron chi connectivity index (χ3n) is 1.93. The topological polar surface area (TPSA) is 82.1 Å². The van der Waals surface area contributed by atoms with E-state index in [1.54, 1.807) is 13.0 Å². The molecular weight excluding hydrogens is 234 g/mol. The number of halogens is 1. The van der Waals surface area contributed by atoms with Crippen LogP contribution in [0.25, 0.3) is 11.5 Å². The highest BCUT2D eigenvalue weighted by Crippen LogP contribution is 2.34. The van der Waals surface area contributed by atoms with Gasteiger partial charge >= 0.3 is 5.69 Å². The fourth-order valence-corrected chi connectivity index (χ4v) is 1.52. The summed E-state index contributed by atoms with van der Waals surface area (Å²) in [5.41, 5.74) is -0.00841. The summed E-state index contributed by atoms with van der Waals surface area (Å²) < 4.78 is 4.87. The molecule has 0 fully saturated rings. The van der Waals surface area contributed by atoms with E-state index in [0.29, 0.717) is 5.82 Å². The summed E-state index contributed by atoms with van der Waals surface area (Å²) in [6, 6.07) is 4.54. The predicted octanol–water partition coefficient (Wildman–Crippen LogP) is 2.61. The maximum Gasteiger partial charge on any atom is 0.300 e. The van der Waals surface area contributed by atoms with Crippen LogP contribution in [0.1, 0.15) is 5.82 Å². The molecule has 0 aliphatic carbocycles. The molecule has 2 rings (SSSR count). The van der Waals surface area contributed by atoms with Crippen LogP contribution in [0.15, 0.2) is 22.7 Å². The van der Waals surface area contributed by atoms with Crippen LogP contribution in [0.4, 0.5) is 5.69 Å². The number of hydrogen-bond acceptors (Lipinski definition) is 5. The lowest BCUT2D eigenvalue weighted by molar-refractivity contribution is -0.384. The van der Waals surface area contributed by atoms with Gasteiger partial charge in [-0.2, -0.15) is 4.98 Å². The van der Waals surface area contributed by atoms with Crippen molar-refractivity contribution in [1.29, 1.82) is 0 Å². The molecule has 7 heteroatoms. The summed E-state index contributed by atoms with van der Waals surface area (Å²) in [7, 11) is 0. The van der Waals surface area contributed by atoms with Gasteiger partial charge in [0.2, 0.25) is 0 Å². The summed E-state index contributed by atoms with van der Waals surface area (Å²) >= 11 is 5.75. The molecule has 0 saturated heterocycles. The quantitative estimate of drug-likeness (QED) is 0.594. The van der Waals surface area contributed by atoms with Crippen LogP contribution >= 0.6 is 11.6 Å². The van der Waals surface area contributed by atoms with Gasteiger partial charge in [0.05, 0.1) is 4.92 Å². The Morgan fingerprint density at radius 3 is 2.81 bits per heavy atom. The lowest BCUT2D eigenvalue weighted by atomic mass is 10.2. The van der Waals surface area contributed by atoms with Gasteiger partial charge in [-0.1, -0.05) is 22.8 Å². The molecule has 0 bridgehead atoms. The van der Waals surface area contributed by atoms with Crippen molar-refractivity contribution in [1.82, 2.24) is 10.1 Å². The van der Waals surface area contributed by atoms with E-state index in [1.165, 1.54) is 12.1 Å². The van der Waals surface area contributed by atoms with Gasteiger partial charge < -0.3 is 4.52 Å². The standard InChI is InChI=1S/C9H6ClN3O3/c1-5-11-9(16-12-5)6-3-2-4-7(10)8(6)13(14)15/h2-4H,1H3. The van der Waals surface area contributed by atoms with Crippen LogP contribution in [0, 0.1) is 17.0 Å². The zero-order valence-electron chi connectivity index (χ0n) is 8.18. The third kappa shape index (κ3) is 1.74. The van der Waals surface area contributed by atoms with E-state index in [-0.39, 0.29) is 22.2 Å². The number of hydrogen-bond donors (Lipinski definition) is 0. The maximum atomic E-state index is 10.9. The lowest BCUT2D eigenvalue weighted by Crippen LogP contribution is -1.93. The lowest BCUT2D eigenvalue weighted by Gasteiger charge is -1.98. The molecule has 0 spiro atoms. The van der Waals surface area contributed by atoms with Crippen molar-refractivity contribution >= 4 is 17.3 Å². The molecule has 0 amide bonds.